The summed E-state index contributed by atoms with van der Waals surface area (Å²) < 4.78 is 7.48. The van der Waals surface area contributed by atoms with Gasteiger partial charge in [-0.2, -0.15) is 0 Å². The van der Waals surface area contributed by atoms with E-state index in [1.807, 2.05) is 44.4 Å². The fourth-order valence-corrected chi connectivity index (χ4v) is 6.91. The van der Waals surface area contributed by atoms with E-state index in [0.717, 1.165) is 52.9 Å². The molecule has 2 fully saturated rings. The van der Waals surface area contributed by atoms with Crippen LogP contribution in [-0.2, 0) is 16.1 Å². The Morgan fingerprint density at radius 3 is 2.54 bits per heavy atom. The van der Waals surface area contributed by atoms with E-state index in [9.17, 15) is 14.4 Å². The highest BCUT2D eigenvalue weighted by Crippen LogP contribution is 2.39. The molecule has 9 heteroatoms. The number of thioether (sulfide) groups is 1. The van der Waals surface area contributed by atoms with E-state index in [1.165, 1.54) is 11.8 Å². The van der Waals surface area contributed by atoms with Gasteiger partial charge in [0, 0.05) is 51.3 Å². The summed E-state index contributed by atoms with van der Waals surface area (Å²) in [7, 11) is 0. The molecule has 2 aliphatic rings. The molecule has 2 aromatic heterocycles. The molecule has 1 saturated carbocycles. The summed E-state index contributed by atoms with van der Waals surface area (Å²) in [5.74, 6) is 0.464. The zero-order chi connectivity index (χ0) is 27.7. The van der Waals surface area contributed by atoms with Crippen LogP contribution >= 0.6 is 11.8 Å². The maximum Gasteiger partial charge on any atom is 0.254 e. The Bertz CT molecular complexity index is 1430. The van der Waals surface area contributed by atoms with E-state index in [1.54, 1.807) is 0 Å². The number of pyridine rings is 1. The van der Waals surface area contributed by atoms with Gasteiger partial charge in [0.2, 0.25) is 5.91 Å². The summed E-state index contributed by atoms with van der Waals surface area (Å²) in [6, 6.07) is 10.3. The highest BCUT2D eigenvalue weighted by Gasteiger charge is 2.33. The molecule has 8 nitrogen and oxygen atoms in total. The number of ether oxygens (including phenoxy) is 1. The average molecular weight is 551 g/mol. The lowest BCUT2D eigenvalue weighted by molar-refractivity contribution is -0.130. The molecule has 2 amide bonds. The lowest BCUT2D eigenvalue weighted by atomic mass is 9.78. The second-order valence-corrected chi connectivity index (χ2v) is 11.8. The summed E-state index contributed by atoms with van der Waals surface area (Å²) in [5.41, 5.74) is 3.82. The molecule has 39 heavy (non-hydrogen) atoms. The van der Waals surface area contributed by atoms with Crippen LogP contribution in [0.25, 0.3) is 10.9 Å². The van der Waals surface area contributed by atoms with Crippen LogP contribution in [0.1, 0.15) is 66.0 Å². The molecule has 1 atom stereocenters. The third-order valence-electron chi connectivity index (χ3n) is 8.48. The second-order valence-electron chi connectivity index (χ2n) is 11.0. The SMILES string of the molecule is CSc1cc(C)[nH]c(=O)c1CNC(=O)c1c(C)n([C@H](C)C2CCC(C(=O)NC3COC3)CC2)c2ccccc12. The number of hydrogen-bond donors (Lipinski definition) is 3. The van der Waals surface area contributed by atoms with Gasteiger partial charge in [0.15, 0.2) is 0 Å². The van der Waals surface area contributed by atoms with Gasteiger partial charge in [-0.1, -0.05) is 18.2 Å². The van der Waals surface area contributed by atoms with E-state index in [-0.39, 0.29) is 41.9 Å². The van der Waals surface area contributed by atoms with Crippen LogP contribution in [-0.4, -0.2) is 46.9 Å². The first-order valence-corrected chi connectivity index (χ1v) is 15.0. The van der Waals surface area contributed by atoms with Crippen LogP contribution in [0, 0.1) is 25.7 Å². The number of aryl methyl sites for hydroxylation is 1. The van der Waals surface area contributed by atoms with Gasteiger partial charge in [-0.15, -0.1) is 11.8 Å². The Hall–Kier alpha value is -3.04. The van der Waals surface area contributed by atoms with E-state index in [0.29, 0.717) is 30.3 Å². The van der Waals surface area contributed by atoms with E-state index < -0.39 is 0 Å². The Morgan fingerprint density at radius 2 is 1.87 bits per heavy atom. The first-order valence-electron chi connectivity index (χ1n) is 13.8. The smallest absolute Gasteiger partial charge is 0.254 e. The standard InChI is InChI=1S/C30H38N4O4S/c1-17-13-26(39-4)24(29(36)32-17)14-31-30(37)27-19(3)34(25-8-6-5-7-23(25)27)18(2)20-9-11-21(12-10-20)28(35)33-22-15-38-16-22/h5-8,13,18,20-22H,9-12,14-16H2,1-4H3,(H,31,37)(H,32,36)(H,33,35)/t18-,20?,21?/m1/s1. The number of nitrogens with one attached hydrogen (secondary N) is 3. The number of para-hydroxylation sites is 1. The first kappa shape index (κ1) is 27.5. The molecule has 3 heterocycles. The minimum Gasteiger partial charge on any atom is -0.377 e. The van der Waals surface area contributed by atoms with Crippen LogP contribution in [0.3, 0.4) is 0 Å². The summed E-state index contributed by atoms with van der Waals surface area (Å²) in [4.78, 5) is 42.6. The number of H-pyrrole nitrogens is 1. The van der Waals surface area contributed by atoms with E-state index >= 15 is 0 Å². The monoisotopic (exact) mass is 550 g/mol. The predicted octanol–water partition coefficient (Wildman–Crippen LogP) is 4.48. The van der Waals surface area contributed by atoms with Crippen molar-refractivity contribution >= 4 is 34.5 Å². The van der Waals surface area contributed by atoms with Crippen LogP contribution < -0.4 is 16.2 Å². The third kappa shape index (κ3) is 5.52. The molecule has 1 saturated heterocycles. The van der Waals surface area contributed by atoms with Gasteiger partial charge < -0.3 is 24.9 Å². The van der Waals surface area contributed by atoms with Crippen molar-refractivity contribution in [3.8, 4) is 0 Å². The lowest BCUT2D eigenvalue weighted by Crippen LogP contribution is -2.50. The molecular weight excluding hydrogens is 512 g/mol. The van der Waals surface area contributed by atoms with Crippen molar-refractivity contribution in [3.05, 3.63) is 63.2 Å². The highest BCUT2D eigenvalue weighted by atomic mass is 32.2. The topological polar surface area (TPSA) is 105 Å². The normalized spacial score (nSPS) is 20.4. The van der Waals surface area contributed by atoms with E-state index in [2.05, 4.69) is 33.2 Å². The number of aromatic nitrogens is 2. The Kier molecular flexibility index (Phi) is 8.19. The van der Waals surface area contributed by atoms with Gasteiger partial charge >= 0.3 is 0 Å². The predicted molar refractivity (Wildman–Crippen MR) is 154 cm³/mol. The van der Waals surface area contributed by atoms with Gasteiger partial charge in [-0.05, 0) is 70.8 Å². The van der Waals surface area contributed by atoms with Crippen molar-refractivity contribution in [2.75, 3.05) is 19.5 Å². The Balaban J connectivity index is 1.34. The molecular formula is C30H38N4O4S. The summed E-state index contributed by atoms with van der Waals surface area (Å²) in [5, 5.41) is 7.05. The quantitative estimate of drug-likeness (QED) is 0.359. The molecule has 0 unspecified atom stereocenters. The molecule has 0 bridgehead atoms. The lowest BCUT2D eigenvalue weighted by Gasteiger charge is -2.35. The van der Waals surface area contributed by atoms with Gasteiger partial charge in [0.05, 0.1) is 24.8 Å². The van der Waals surface area contributed by atoms with Crippen molar-refractivity contribution in [3.63, 3.8) is 0 Å². The highest BCUT2D eigenvalue weighted by molar-refractivity contribution is 7.98. The van der Waals surface area contributed by atoms with Gasteiger partial charge in [-0.3, -0.25) is 14.4 Å². The number of rotatable bonds is 8. The molecule has 1 aliphatic heterocycles. The van der Waals surface area contributed by atoms with Gasteiger partial charge in [0.25, 0.3) is 11.5 Å². The number of nitrogens with zero attached hydrogens (tertiary/aromatic N) is 1. The van der Waals surface area contributed by atoms with E-state index in [4.69, 9.17) is 4.74 Å². The minimum atomic E-state index is -0.179. The summed E-state index contributed by atoms with van der Waals surface area (Å²) >= 11 is 1.50. The zero-order valence-corrected chi connectivity index (χ0v) is 24.0. The second kappa shape index (κ2) is 11.6. The molecule has 3 aromatic rings. The number of aromatic amines is 1. The van der Waals surface area contributed by atoms with Crippen LogP contribution in [0.2, 0.25) is 0 Å². The Morgan fingerprint density at radius 1 is 1.15 bits per heavy atom. The molecule has 0 spiro atoms. The third-order valence-corrected chi connectivity index (χ3v) is 9.28. The summed E-state index contributed by atoms with van der Waals surface area (Å²) in [6.45, 7) is 7.50. The number of benzene rings is 1. The molecule has 208 valence electrons. The Labute approximate surface area is 233 Å². The first-order chi connectivity index (χ1) is 18.8. The van der Waals surface area contributed by atoms with Gasteiger partial charge in [0.1, 0.15) is 0 Å². The zero-order valence-electron chi connectivity index (χ0n) is 23.1. The van der Waals surface area contributed by atoms with Crippen molar-refractivity contribution in [2.24, 2.45) is 11.8 Å². The molecule has 1 aliphatic carbocycles. The van der Waals surface area contributed by atoms with Gasteiger partial charge in [-0.25, -0.2) is 0 Å². The number of carbonyl (C=O) groups excluding carboxylic acids is 2. The maximum absolute atomic E-state index is 13.6. The average Bonchev–Trinajstić information content (AvgIpc) is 3.20. The summed E-state index contributed by atoms with van der Waals surface area (Å²) in [6.07, 6.45) is 5.64. The fraction of sp³-hybridized carbons (Fsp3) is 0.500. The number of amides is 2. The van der Waals surface area contributed by atoms with Crippen molar-refractivity contribution < 1.29 is 14.3 Å². The minimum absolute atomic E-state index is 0.0639. The number of fused-ring (bicyclic) bond motifs is 1. The molecule has 3 N–H and O–H groups in total. The molecule has 1 aromatic carbocycles. The number of carbonyl (C=O) groups is 2. The van der Waals surface area contributed by atoms with Crippen molar-refractivity contribution in [1.29, 1.82) is 0 Å². The number of hydrogen-bond acceptors (Lipinski definition) is 5. The molecule has 5 rings (SSSR count). The molecule has 0 radical (unpaired) electrons. The maximum atomic E-state index is 13.6. The van der Waals surface area contributed by atoms with Crippen LogP contribution in [0.4, 0.5) is 0 Å². The van der Waals surface area contributed by atoms with Crippen LogP contribution in [0.15, 0.2) is 40.0 Å². The largest absolute Gasteiger partial charge is 0.377 e. The van der Waals surface area contributed by atoms with Crippen LogP contribution in [0.5, 0.6) is 0 Å². The van der Waals surface area contributed by atoms with Crippen molar-refractivity contribution in [2.45, 2.75) is 70.0 Å². The fourth-order valence-electron chi connectivity index (χ4n) is 6.21. The van der Waals surface area contributed by atoms with Crippen molar-refractivity contribution in [1.82, 2.24) is 20.2 Å².